The first kappa shape index (κ1) is 12.7. The van der Waals surface area contributed by atoms with E-state index in [1.54, 1.807) is 7.11 Å². The van der Waals surface area contributed by atoms with Gasteiger partial charge in [0.2, 0.25) is 0 Å². The zero-order valence-corrected chi connectivity index (χ0v) is 11.6. The molecule has 3 rings (SSSR count). The number of carbonyl (C=O) groups is 1. The first-order valence-electron chi connectivity index (χ1n) is 6.52. The van der Waals surface area contributed by atoms with Crippen molar-refractivity contribution in [1.82, 2.24) is 9.69 Å². The van der Waals surface area contributed by atoms with E-state index in [1.165, 1.54) is 11.5 Å². The number of ether oxygens (including phenoxy) is 1. The fourth-order valence-corrected chi connectivity index (χ4v) is 2.96. The zero-order chi connectivity index (χ0) is 13.4. The molecule has 2 aliphatic carbocycles. The molecule has 0 unspecified atom stereocenters. The normalized spacial score (nSPS) is 25.7. The van der Waals surface area contributed by atoms with Crippen LogP contribution in [0.5, 0.6) is 0 Å². The number of rotatable bonds is 5. The van der Waals surface area contributed by atoms with Crippen molar-refractivity contribution in [3.8, 4) is 0 Å². The third-order valence-electron chi connectivity index (χ3n) is 3.62. The van der Waals surface area contributed by atoms with Gasteiger partial charge in [-0.1, -0.05) is 0 Å². The van der Waals surface area contributed by atoms with Crippen molar-refractivity contribution in [3.05, 3.63) is 5.56 Å². The number of hydrogen-bond acceptors (Lipinski definition) is 6. The molecule has 19 heavy (non-hydrogen) atoms. The van der Waals surface area contributed by atoms with Gasteiger partial charge in [0.1, 0.15) is 10.6 Å². The average Bonchev–Trinajstić information content (AvgIpc) is 3.06. The fourth-order valence-electron chi connectivity index (χ4n) is 2.17. The summed E-state index contributed by atoms with van der Waals surface area (Å²) in [5.74, 6) is 0.201. The maximum atomic E-state index is 12.1. The van der Waals surface area contributed by atoms with E-state index in [9.17, 15) is 4.79 Å². The SMILES string of the molecule is COC1CC(Nc2snc(N)c2C(=O)NC2CC2)C1. The Morgan fingerprint density at radius 1 is 1.42 bits per heavy atom. The summed E-state index contributed by atoms with van der Waals surface area (Å²) < 4.78 is 9.32. The van der Waals surface area contributed by atoms with Crippen LogP contribution in [0.3, 0.4) is 0 Å². The van der Waals surface area contributed by atoms with Crippen LogP contribution in [0.25, 0.3) is 0 Å². The Balaban J connectivity index is 1.66. The summed E-state index contributed by atoms with van der Waals surface area (Å²) >= 11 is 1.25. The molecule has 2 aliphatic rings. The second-order valence-corrected chi connectivity index (χ2v) is 5.96. The fraction of sp³-hybridized carbons (Fsp3) is 0.667. The Bertz CT molecular complexity index is 480. The molecule has 1 amide bonds. The van der Waals surface area contributed by atoms with Gasteiger partial charge in [-0.3, -0.25) is 4.79 Å². The maximum absolute atomic E-state index is 12.1. The predicted octanol–water partition coefficient (Wildman–Crippen LogP) is 1.21. The van der Waals surface area contributed by atoms with E-state index in [1.807, 2.05) is 0 Å². The molecule has 0 aliphatic heterocycles. The molecule has 6 nitrogen and oxygen atoms in total. The standard InChI is InChI=1S/C12H18N4O2S/c1-18-8-4-7(5-8)15-12-9(10(13)16-19-12)11(17)14-6-2-3-6/h6-8,15H,2-5H2,1H3,(H2,13,16)(H,14,17). The van der Waals surface area contributed by atoms with Crippen molar-refractivity contribution in [2.24, 2.45) is 0 Å². The van der Waals surface area contributed by atoms with Crippen molar-refractivity contribution < 1.29 is 9.53 Å². The van der Waals surface area contributed by atoms with Crippen molar-refractivity contribution in [3.63, 3.8) is 0 Å². The summed E-state index contributed by atoms with van der Waals surface area (Å²) in [6.07, 6.45) is 4.36. The third kappa shape index (κ3) is 2.66. The molecule has 7 heteroatoms. The Hall–Kier alpha value is -1.34. The van der Waals surface area contributed by atoms with Crippen LogP contribution in [0.2, 0.25) is 0 Å². The van der Waals surface area contributed by atoms with E-state index in [4.69, 9.17) is 10.5 Å². The molecular weight excluding hydrogens is 264 g/mol. The topological polar surface area (TPSA) is 89.3 Å². The quantitative estimate of drug-likeness (QED) is 0.755. The Morgan fingerprint density at radius 2 is 2.16 bits per heavy atom. The summed E-state index contributed by atoms with van der Waals surface area (Å²) in [7, 11) is 1.72. The molecular formula is C12H18N4O2S. The number of methoxy groups -OCH3 is 1. The number of hydrogen-bond donors (Lipinski definition) is 3. The van der Waals surface area contributed by atoms with Gasteiger partial charge in [-0.15, -0.1) is 0 Å². The van der Waals surface area contributed by atoms with E-state index in [0.29, 0.717) is 29.6 Å². The first-order chi connectivity index (χ1) is 9.17. The maximum Gasteiger partial charge on any atom is 0.258 e. The minimum Gasteiger partial charge on any atom is -0.382 e. The average molecular weight is 282 g/mol. The molecule has 1 aromatic heterocycles. The van der Waals surface area contributed by atoms with Crippen LogP contribution in [0.4, 0.5) is 10.8 Å². The van der Waals surface area contributed by atoms with Gasteiger partial charge in [-0.2, -0.15) is 4.37 Å². The molecule has 0 aromatic carbocycles. The zero-order valence-electron chi connectivity index (χ0n) is 10.8. The van der Waals surface area contributed by atoms with Crippen LogP contribution in [-0.4, -0.2) is 35.6 Å². The highest BCUT2D eigenvalue weighted by atomic mass is 32.1. The number of nitrogens with zero attached hydrogens (tertiary/aromatic N) is 1. The van der Waals surface area contributed by atoms with Crippen LogP contribution in [-0.2, 0) is 4.74 Å². The lowest BCUT2D eigenvalue weighted by molar-refractivity contribution is 0.0329. The molecule has 2 fully saturated rings. The number of nitrogens with one attached hydrogen (secondary N) is 2. The number of amides is 1. The van der Waals surface area contributed by atoms with Crippen LogP contribution in [0, 0.1) is 0 Å². The van der Waals surface area contributed by atoms with Gasteiger partial charge in [0, 0.05) is 19.2 Å². The lowest BCUT2D eigenvalue weighted by atomic mass is 9.89. The molecule has 1 heterocycles. The van der Waals surface area contributed by atoms with Crippen molar-refractivity contribution in [1.29, 1.82) is 0 Å². The van der Waals surface area contributed by atoms with Gasteiger partial charge in [0.15, 0.2) is 5.82 Å². The van der Waals surface area contributed by atoms with E-state index < -0.39 is 0 Å². The molecule has 0 atom stereocenters. The Labute approximate surface area is 115 Å². The highest BCUT2D eigenvalue weighted by Crippen LogP contribution is 2.33. The molecule has 0 bridgehead atoms. The lowest BCUT2D eigenvalue weighted by Crippen LogP contribution is -2.40. The Kier molecular flexibility index (Phi) is 3.32. The molecule has 0 spiro atoms. The van der Waals surface area contributed by atoms with Gasteiger partial charge in [0.05, 0.1) is 6.10 Å². The second kappa shape index (κ2) is 4.97. The largest absolute Gasteiger partial charge is 0.382 e. The predicted molar refractivity (Wildman–Crippen MR) is 74.5 cm³/mol. The first-order valence-corrected chi connectivity index (χ1v) is 7.30. The van der Waals surface area contributed by atoms with Crippen molar-refractivity contribution in [2.75, 3.05) is 18.2 Å². The summed E-state index contributed by atoms with van der Waals surface area (Å²) in [5, 5.41) is 7.06. The number of nitrogen functional groups attached to an aromatic ring is 1. The molecule has 104 valence electrons. The van der Waals surface area contributed by atoms with Gasteiger partial charge in [0.25, 0.3) is 5.91 Å². The van der Waals surface area contributed by atoms with Crippen LogP contribution >= 0.6 is 11.5 Å². The van der Waals surface area contributed by atoms with E-state index in [2.05, 4.69) is 15.0 Å². The van der Waals surface area contributed by atoms with E-state index in [-0.39, 0.29) is 5.91 Å². The van der Waals surface area contributed by atoms with Gasteiger partial charge >= 0.3 is 0 Å². The number of nitrogens with two attached hydrogens (primary N) is 1. The summed E-state index contributed by atoms with van der Waals surface area (Å²) in [5.41, 5.74) is 6.30. The minimum atomic E-state index is -0.112. The van der Waals surface area contributed by atoms with E-state index in [0.717, 1.165) is 30.7 Å². The molecule has 0 saturated heterocycles. The van der Waals surface area contributed by atoms with Crippen molar-refractivity contribution in [2.45, 2.75) is 43.9 Å². The minimum absolute atomic E-state index is 0.112. The van der Waals surface area contributed by atoms with Gasteiger partial charge in [-0.25, -0.2) is 0 Å². The van der Waals surface area contributed by atoms with Crippen LogP contribution < -0.4 is 16.4 Å². The van der Waals surface area contributed by atoms with Gasteiger partial charge < -0.3 is 21.1 Å². The highest BCUT2D eigenvalue weighted by molar-refractivity contribution is 7.11. The number of anilines is 2. The second-order valence-electron chi connectivity index (χ2n) is 5.19. The Morgan fingerprint density at radius 3 is 2.79 bits per heavy atom. The van der Waals surface area contributed by atoms with Crippen LogP contribution in [0.1, 0.15) is 36.0 Å². The number of aromatic nitrogens is 1. The van der Waals surface area contributed by atoms with Gasteiger partial charge in [-0.05, 0) is 37.2 Å². The lowest BCUT2D eigenvalue weighted by Gasteiger charge is -2.34. The molecule has 0 radical (unpaired) electrons. The molecule has 1 aromatic rings. The highest BCUT2D eigenvalue weighted by Gasteiger charge is 2.32. The van der Waals surface area contributed by atoms with Crippen LogP contribution in [0.15, 0.2) is 0 Å². The number of carbonyl (C=O) groups excluding carboxylic acids is 1. The van der Waals surface area contributed by atoms with Crippen molar-refractivity contribution >= 4 is 28.3 Å². The summed E-state index contributed by atoms with van der Waals surface area (Å²) in [6, 6.07) is 0.665. The van der Waals surface area contributed by atoms with E-state index >= 15 is 0 Å². The summed E-state index contributed by atoms with van der Waals surface area (Å²) in [4.78, 5) is 12.1. The molecule has 4 N–H and O–H groups in total. The third-order valence-corrected chi connectivity index (χ3v) is 4.41. The summed E-state index contributed by atoms with van der Waals surface area (Å²) in [6.45, 7) is 0. The monoisotopic (exact) mass is 282 g/mol. The molecule has 2 saturated carbocycles. The smallest absolute Gasteiger partial charge is 0.258 e.